The van der Waals surface area contributed by atoms with Crippen molar-refractivity contribution < 1.29 is 19.4 Å². The van der Waals surface area contributed by atoms with Crippen molar-refractivity contribution in [3.05, 3.63) is 0 Å². The van der Waals surface area contributed by atoms with Crippen LogP contribution in [0.25, 0.3) is 0 Å². The van der Waals surface area contributed by atoms with E-state index in [0.717, 1.165) is 0 Å². The van der Waals surface area contributed by atoms with E-state index in [2.05, 4.69) is 4.74 Å². The van der Waals surface area contributed by atoms with Gasteiger partial charge in [0, 0.05) is 13.5 Å². The van der Waals surface area contributed by atoms with Crippen molar-refractivity contribution in [1.29, 1.82) is 0 Å². The summed E-state index contributed by atoms with van der Waals surface area (Å²) < 4.78 is 9.56. The van der Waals surface area contributed by atoms with Gasteiger partial charge in [0.15, 0.2) is 5.60 Å². The summed E-state index contributed by atoms with van der Waals surface area (Å²) in [5.74, 6) is -0.641. The third kappa shape index (κ3) is 3.74. The first-order valence-corrected chi connectivity index (χ1v) is 4.11. The van der Waals surface area contributed by atoms with E-state index in [-0.39, 0.29) is 6.42 Å². The van der Waals surface area contributed by atoms with Gasteiger partial charge in [-0.25, -0.2) is 4.79 Å². The largest absolute Gasteiger partial charge is 0.467 e. The molecule has 0 aliphatic heterocycles. The fourth-order valence-electron chi connectivity index (χ4n) is 1.19. The van der Waals surface area contributed by atoms with Crippen LogP contribution in [0.2, 0.25) is 0 Å². The van der Waals surface area contributed by atoms with Crippen molar-refractivity contribution in [2.75, 3.05) is 14.2 Å². The van der Waals surface area contributed by atoms with Crippen LogP contribution in [0.4, 0.5) is 0 Å². The maximum Gasteiger partial charge on any atom is 0.337 e. The molecule has 1 unspecified atom stereocenters. The monoisotopic (exact) mass is 190 g/mol. The molecule has 0 rings (SSSR count). The summed E-state index contributed by atoms with van der Waals surface area (Å²) in [7, 11) is 2.78. The van der Waals surface area contributed by atoms with Crippen molar-refractivity contribution >= 4 is 5.97 Å². The molecule has 0 heterocycles. The van der Waals surface area contributed by atoms with Crippen molar-refractivity contribution in [3.8, 4) is 0 Å². The minimum absolute atomic E-state index is 0.198. The molecule has 0 radical (unpaired) electrons. The van der Waals surface area contributed by atoms with Gasteiger partial charge in [-0.3, -0.25) is 0 Å². The first-order valence-electron chi connectivity index (χ1n) is 4.11. The first-order chi connectivity index (χ1) is 5.75. The normalized spacial score (nSPS) is 16.5. The minimum Gasteiger partial charge on any atom is -0.467 e. The van der Waals surface area contributed by atoms with Crippen molar-refractivity contribution in [1.82, 2.24) is 0 Å². The molecular weight excluding hydrogens is 172 g/mol. The van der Waals surface area contributed by atoms with E-state index >= 15 is 0 Å². The molecule has 4 nitrogen and oxygen atoms in total. The van der Waals surface area contributed by atoms with Gasteiger partial charge in [-0.05, 0) is 20.8 Å². The molecule has 0 saturated heterocycles. The van der Waals surface area contributed by atoms with Gasteiger partial charge >= 0.3 is 5.97 Å². The number of aliphatic hydroxyl groups is 1. The van der Waals surface area contributed by atoms with Crippen molar-refractivity contribution in [2.24, 2.45) is 0 Å². The third-order valence-electron chi connectivity index (χ3n) is 1.95. The lowest BCUT2D eigenvalue weighted by molar-refractivity contribution is -0.167. The predicted octanol–water partition coefficient (Wildman–Crippen LogP) is 0.725. The van der Waals surface area contributed by atoms with Gasteiger partial charge in [0.25, 0.3) is 0 Å². The van der Waals surface area contributed by atoms with Crippen LogP contribution in [0, 0.1) is 0 Å². The second-order valence-electron chi connectivity index (χ2n) is 3.91. The summed E-state index contributed by atoms with van der Waals surface area (Å²) in [6, 6.07) is 0. The lowest BCUT2D eigenvalue weighted by Gasteiger charge is -2.30. The molecule has 4 heteroatoms. The number of hydrogen-bond donors (Lipinski definition) is 1. The van der Waals surface area contributed by atoms with Crippen LogP contribution in [-0.4, -0.2) is 36.5 Å². The molecular formula is C9H18O4. The van der Waals surface area contributed by atoms with Gasteiger partial charge in [-0.1, -0.05) is 0 Å². The zero-order chi connectivity index (χ0) is 10.7. The van der Waals surface area contributed by atoms with E-state index in [1.54, 1.807) is 13.8 Å². The Hall–Kier alpha value is -0.610. The number of hydrogen-bond acceptors (Lipinski definition) is 4. The van der Waals surface area contributed by atoms with Crippen LogP contribution in [0.5, 0.6) is 0 Å². The van der Waals surface area contributed by atoms with Crippen molar-refractivity contribution in [2.45, 2.75) is 38.4 Å². The summed E-state index contributed by atoms with van der Waals surface area (Å²) >= 11 is 0. The molecule has 0 amide bonds. The summed E-state index contributed by atoms with van der Waals surface area (Å²) in [5, 5.41) is 9.70. The maximum atomic E-state index is 11.1. The van der Waals surface area contributed by atoms with Crippen LogP contribution in [0.15, 0.2) is 0 Å². The SMILES string of the molecule is COC(=O)C(C)(O)CC(C)(C)OC. The highest BCUT2D eigenvalue weighted by Crippen LogP contribution is 2.23. The second kappa shape index (κ2) is 4.07. The topological polar surface area (TPSA) is 55.8 Å². The molecule has 0 spiro atoms. The third-order valence-corrected chi connectivity index (χ3v) is 1.95. The van der Waals surface area contributed by atoms with Crippen LogP contribution < -0.4 is 0 Å². The fraction of sp³-hybridized carbons (Fsp3) is 0.889. The molecule has 0 aromatic rings. The standard InChI is InChI=1S/C9H18O4/c1-8(2,13-5)6-9(3,11)7(10)12-4/h11H,6H2,1-5H3. The zero-order valence-corrected chi connectivity index (χ0v) is 8.88. The Morgan fingerprint density at radius 3 is 2.08 bits per heavy atom. The first kappa shape index (κ1) is 12.4. The molecule has 0 aliphatic carbocycles. The molecule has 78 valence electrons. The number of esters is 1. The van der Waals surface area contributed by atoms with E-state index in [1.807, 2.05) is 0 Å². The molecule has 0 aromatic carbocycles. The van der Waals surface area contributed by atoms with Crippen LogP contribution in [0.1, 0.15) is 27.2 Å². The van der Waals surface area contributed by atoms with E-state index in [9.17, 15) is 9.90 Å². The lowest BCUT2D eigenvalue weighted by atomic mass is 9.91. The van der Waals surface area contributed by atoms with Gasteiger partial charge < -0.3 is 14.6 Å². The van der Waals surface area contributed by atoms with E-state index in [4.69, 9.17) is 4.74 Å². The van der Waals surface area contributed by atoms with Gasteiger partial charge in [-0.15, -0.1) is 0 Å². The van der Waals surface area contributed by atoms with Gasteiger partial charge in [-0.2, -0.15) is 0 Å². The highest BCUT2D eigenvalue weighted by Gasteiger charge is 2.37. The van der Waals surface area contributed by atoms with Crippen LogP contribution >= 0.6 is 0 Å². The van der Waals surface area contributed by atoms with Crippen molar-refractivity contribution in [3.63, 3.8) is 0 Å². The fourth-order valence-corrected chi connectivity index (χ4v) is 1.19. The zero-order valence-electron chi connectivity index (χ0n) is 8.88. The van der Waals surface area contributed by atoms with Gasteiger partial charge in [0.05, 0.1) is 12.7 Å². The molecule has 1 atom stereocenters. The number of methoxy groups -OCH3 is 2. The molecule has 1 N–H and O–H groups in total. The maximum absolute atomic E-state index is 11.1. The minimum atomic E-state index is -1.49. The number of carbonyl (C=O) groups excluding carboxylic acids is 1. The Bertz CT molecular complexity index is 184. The Morgan fingerprint density at radius 2 is 1.77 bits per heavy atom. The quantitative estimate of drug-likeness (QED) is 0.664. The molecule has 0 aliphatic rings. The van der Waals surface area contributed by atoms with E-state index < -0.39 is 17.2 Å². The Morgan fingerprint density at radius 1 is 1.31 bits per heavy atom. The van der Waals surface area contributed by atoms with Gasteiger partial charge in [0.2, 0.25) is 0 Å². The van der Waals surface area contributed by atoms with Gasteiger partial charge in [0.1, 0.15) is 0 Å². The van der Waals surface area contributed by atoms with Crippen LogP contribution in [0.3, 0.4) is 0 Å². The average Bonchev–Trinajstić information content (AvgIpc) is 2.01. The summed E-state index contributed by atoms with van der Waals surface area (Å²) in [4.78, 5) is 11.1. The van der Waals surface area contributed by atoms with E-state index in [1.165, 1.54) is 21.1 Å². The van der Waals surface area contributed by atoms with Crippen LogP contribution in [-0.2, 0) is 14.3 Å². The highest BCUT2D eigenvalue weighted by atomic mass is 16.5. The second-order valence-corrected chi connectivity index (χ2v) is 3.91. The highest BCUT2D eigenvalue weighted by molar-refractivity contribution is 5.78. The average molecular weight is 190 g/mol. The molecule has 0 fully saturated rings. The Labute approximate surface area is 78.8 Å². The summed E-state index contributed by atoms with van der Waals surface area (Å²) in [6.07, 6.45) is 0.198. The van der Waals surface area contributed by atoms with E-state index in [0.29, 0.717) is 0 Å². The Balaban J connectivity index is 4.41. The number of ether oxygens (including phenoxy) is 2. The summed E-state index contributed by atoms with van der Waals surface area (Å²) in [6.45, 7) is 5.01. The summed E-state index contributed by atoms with van der Waals surface area (Å²) in [5.41, 5.74) is -2.04. The Kier molecular flexibility index (Phi) is 3.88. The number of carbonyl (C=O) groups is 1. The molecule has 0 saturated carbocycles. The molecule has 0 bridgehead atoms. The molecule has 13 heavy (non-hydrogen) atoms. The number of rotatable bonds is 4. The lowest BCUT2D eigenvalue weighted by Crippen LogP contribution is -2.43. The predicted molar refractivity (Wildman–Crippen MR) is 48.3 cm³/mol. The molecule has 0 aromatic heterocycles. The smallest absolute Gasteiger partial charge is 0.337 e.